The van der Waals surface area contributed by atoms with Gasteiger partial charge in [0.25, 0.3) is 5.24 Å². The number of nitrogens with zero attached hydrogens (tertiary/aromatic N) is 1. The molecular formula is C11H13BrN2O2S2. The van der Waals surface area contributed by atoms with Crippen molar-refractivity contribution in [3.63, 3.8) is 0 Å². The Labute approximate surface area is 122 Å². The van der Waals surface area contributed by atoms with Crippen LogP contribution < -0.4 is 5.32 Å². The van der Waals surface area contributed by atoms with Crippen LogP contribution in [0.2, 0.25) is 0 Å². The van der Waals surface area contributed by atoms with Crippen LogP contribution in [0, 0.1) is 0 Å². The molecule has 0 aromatic carbocycles. The molecule has 1 aliphatic heterocycles. The molecule has 0 unspecified atom stereocenters. The van der Waals surface area contributed by atoms with Gasteiger partial charge in [0.1, 0.15) is 6.54 Å². The minimum atomic E-state index is -0.0820. The standard InChI is InChI=1S/C11H13BrN2O2S2/c12-9-2-1-8(18-9)3-4-13-10(15)7-14-5-6-17-11(14)16/h1-2H,3-7H2,(H,13,15). The summed E-state index contributed by atoms with van der Waals surface area (Å²) in [6.07, 6.45) is 0.824. The predicted molar refractivity (Wildman–Crippen MR) is 78.2 cm³/mol. The number of halogens is 1. The lowest BCUT2D eigenvalue weighted by Crippen LogP contribution is -2.37. The Kier molecular flexibility index (Phi) is 5.08. The van der Waals surface area contributed by atoms with Gasteiger partial charge in [-0.3, -0.25) is 9.59 Å². The average Bonchev–Trinajstić information content (AvgIpc) is 2.89. The van der Waals surface area contributed by atoms with E-state index in [2.05, 4.69) is 21.2 Å². The first kappa shape index (κ1) is 13.9. The fourth-order valence-electron chi connectivity index (χ4n) is 1.61. The molecule has 1 aromatic heterocycles. The quantitative estimate of drug-likeness (QED) is 0.888. The molecule has 18 heavy (non-hydrogen) atoms. The minimum absolute atomic E-state index is 0.00679. The summed E-state index contributed by atoms with van der Waals surface area (Å²) in [5.41, 5.74) is 0. The van der Waals surface area contributed by atoms with Crippen molar-refractivity contribution in [2.45, 2.75) is 6.42 Å². The van der Waals surface area contributed by atoms with Crippen molar-refractivity contribution < 1.29 is 9.59 Å². The number of nitrogens with one attached hydrogen (secondary N) is 1. The van der Waals surface area contributed by atoms with E-state index in [0.29, 0.717) is 13.1 Å². The van der Waals surface area contributed by atoms with E-state index in [4.69, 9.17) is 0 Å². The molecule has 1 saturated heterocycles. The van der Waals surface area contributed by atoms with Crippen molar-refractivity contribution in [1.29, 1.82) is 0 Å². The Morgan fingerprint density at radius 2 is 2.33 bits per heavy atom. The normalized spacial score (nSPS) is 15.2. The summed E-state index contributed by atoms with van der Waals surface area (Å²) < 4.78 is 1.10. The molecule has 7 heteroatoms. The summed E-state index contributed by atoms with van der Waals surface area (Å²) in [5.74, 6) is 0.705. The highest BCUT2D eigenvalue weighted by atomic mass is 79.9. The van der Waals surface area contributed by atoms with Crippen LogP contribution in [0.4, 0.5) is 4.79 Å². The van der Waals surface area contributed by atoms with E-state index in [0.717, 1.165) is 16.0 Å². The second-order valence-corrected chi connectivity index (χ2v) is 7.44. The molecule has 2 amide bonds. The summed E-state index contributed by atoms with van der Waals surface area (Å²) >= 11 is 6.35. The van der Waals surface area contributed by atoms with E-state index < -0.39 is 0 Å². The number of hydrogen-bond acceptors (Lipinski definition) is 4. The van der Waals surface area contributed by atoms with Gasteiger partial charge in [-0.2, -0.15) is 0 Å². The van der Waals surface area contributed by atoms with Crippen LogP contribution in [-0.2, 0) is 11.2 Å². The van der Waals surface area contributed by atoms with E-state index in [9.17, 15) is 9.59 Å². The smallest absolute Gasteiger partial charge is 0.282 e. The van der Waals surface area contributed by atoms with Gasteiger partial charge < -0.3 is 10.2 Å². The zero-order chi connectivity index (χ0) is 13.0. The summed E-state index contributed by atoms with van der Waals surface area (Å²) in [5, 5.41) is 2.84. The fraction of sp³-hybridized carbons (Fsp3) is 0.455. The molecule has 0 radical (unpaired) electrons. The lowest BCUT2D eigenvalue weighted by atomic mass is 10.3. The van der Waals surface area contributed by atoms with Gasteiger partial charge in [-0.15, -0.1) is 11.3 Å². The lowest BCUT2D eigenvalue weighted by Gasteiger charge is -2.13. The van der Waals surface area contributed by atoms with E-state index in [1.54, 1.807) is 16.2 Å². The van der Waals surface area contributed by atoms with Crippen molar-refractivity contribution in [3.05, 3.63) is 20.8 Å². The number of carbonyl (C=O) groups is 2. The molecule has 2 rings (SSSR count). The number of carbonyl (C=O) groups excluding carboxylic acids is 2. The third-order valence-electron chi connectivity index (χ3n) is 2.50. The highest BCUT2D eigenvalue weighted by Crippen LogP contribution is 2.22. The third-order valence-corrected chi connectivity index (χ3v) is 5.08. The van der Waals surface area contributed by atoms with Crippen molar-refractivity contribution in [2.24, 2.45) is 0 Å². The van der Waals surface area contributed by atoms with Gasteiger partial charge in [0.2, 0.25) is 5.91 Å². The molecule has 4 nitrogen and oxygen atoms in total. The van der Waals surface area contributed by atoms with E-state index >= 15 is 0 Å². The highest BCUT2D eigenvalue weighted by molar-refractivity contribution is 9.11. The van der Waals surface area contributed by atoms with Crippen LogP contribution in [-0.4, -0.2) is 41.4 Å². The van der Waals surface area contributed by atoms with Crippen molar-refractivity contribution in [2.75, 3.05) is 25.4 Å². The number of thioether (sulfide) groups is 1. The molecule has 0 saturated carbocycles. The Balaban J connectivity index is 1.67. The molecule has 1 fully saturated rings. The van der Waals surface area contributed by atoms with Crippen LogP contribution in [0.25, 0.3) is 0 Å². The molecule has 98 valence electrons. The van der Waals surface area contributed by atoms with Crippen LogP contribution in [0.15, 0.2) is 15.9 Å². The van der Waals surface area contributed by atoms with Gasteiger partial charge >= 0.3 is 0 Å². The second-order valence-electron chi connectivity index (χ2n) is 3.84. The van der Waals surface area contributed by atoms with Gasteiger partial charge in [0.05, 0.1) is 3.79 Å². The summed E-state index contributed by atoms with van der Waals surface area (Å²) in [6.45, 7) is 1.47. The van der Waals surface area contributed by atoms with Gasteiger partial charge in [-0.1, -0.05) is 11.8 Å². The first-order valence-corrected chi connectivity index (χ1v) is 8.17. The number of rotatable bonds is 5. The molecule has 1 aromatic rings. The molecule has 0 atom stereocenters. The second kappa shape index (κ2) is 6.58. The molecular weight excluding hydrogens is 336 g/mol. The Bertz CT molecular complexity index is 450. The predicted octanol–water partition coefficient (Wildman–Crippen LogP) is 2.34. The third kappa shape index (κ3) is 4.00. The van der Waals surface area contributed by atoms with Crippen molar-refractivity contribution >= 4 is 50.2 Å². The molecule has 1 aliphatic rings. The molecule has 0 bridgehead atoms. The SMILES string of the molecule is O=C(CN1CCSC1=O)NCCc1ccc(Br)s1. The fourth-order valence-corrected chi connectivity index (χ4v) is 3.92. The van der Waals surface area contributed by atoms with E-state index in [1.165, 1.54) is 16.6 Å². The zero-order valence-electron chi connectivity index (χ0n) is 9.65. The maximum atomic E-state index is 11.6. The van der Waals surface area contributed by atoms with Gasteiger partial charge in [-0.05, 0) is 34.5 Å². The summed E-state index contributed by atoms with van der Waals surface area (Å²) in [6, 6.07) is 4.05. The van der Waals surface area contributed by atoms with Crippen LogP contribution in [0.3, 0.4) is 0 Å². The van der Waals surface area contributed by atoms with Crippen LogP contribution in [0.1, 0.15) is 4.88 Å². The first-order valence-electron chi connectivity index (χ1n) is 5.58. The molecule has 0 spiro atoms. The monoisotopic (exact) mass is 348 g/mol. The number of thiophene rings is 1. The Hall–Kier alpha value is -0.530. The van der Waals surface area contributed by atoms with Crippen LogP contribution >= 0.6 is 39.0 Å². The largest absolute Gasteiger partial charge is 0.354 e. The number of hydrogen-bond donors (Lipinski definition) is 1. The van der Waals surface area contributed by atoms with Crippen LogP contribution in [0.5, 0.6) is 0 Å². The maximum absolute atomic E-state index is 11.6. The molecule has 0 aliphatic carbocycles. The number of amides is 2. The average molecular weight is 349 g/mol. The molecule has 1 N–H and O–H groups in total. The summed E-state index contributed by atoms with van der Waals surface area (Å²) in [4.78, 5) is 25.7. The molecule has 2 heterocycles. The summed E-state index contributed by atoms with van der Waals surface area (Å²) in [7, 11) is 0. The minimum Gasteiger partial charge on any atom is -0.354 e. The lowest BCUT2D eigenvalue weighted by molar-refractivity contribution is -0.121. The maximum Gasteiger partial charge on any atom is 0.282 e. The van der Waals surface area contributed by atoms with Crippen molar-refractivity contribution in [1.82, 2.24) is 10.2 Å². The van der Waals surface area contributed by atoms with Gasteiger partial charge in [-0.25, -0.2) is 0 Å². The topological polar surface area (TPSA) is 49.4 Å². The Morgan fingerprint density at radius 3 is 2.94 bits per heavy atom. The zero-order valence-corrected chi connectivity index (χ0v) is 12.9. The van der Waals surface area contributed by atoms with Gasteiger partial charge in [0, 0.05) is 23.7 Å². The van der Waals surface area contributed by atoms with Gasteiger partial charge in [0.15, 0.2) is 0 Å². The highest BCUT2D eigenvalue weighted by Gasteiger charge is 2.22. The van der Waals surface area contributed by atoms with E-state index in [1.807, 2.05) is 12.1 Å². The Morgan fingerprint density at radius 1 is 1.50 bits per heavy atom. The van der Waals surface area contributed by atoms with Crippen molar-refractivity contribution in [3.8, 4) is 0 Å². The van der Waals surface area contributed by atoms with E-state index in [-0.39, 0.29) is 17.7 Å². The first-order chi connectivity index (χ1) is 8.65.